The summed E-state index contributed by atoms with van der Waals surface area (Å²) in [6.07, 6.45) is -0.239. The van der Waals surface area contributed by atoms with Gasteiger partial charge in [-0.25, -0.2) is 0 Å². The Labute approximate surface area is 95.5 Å². The molecule has 0 aromatic carbocycles. The van der Waals surface area contributed by atoms with Gasteiger partial charge in [0.15, 0.2) is 0 Å². The van der Waals surface area contributed by atoms with Gasteiger partial charge in [-0.05, 0) is 0 Å². The first-order chi connectivity index (χ1) is 7.77. The Morgan fingerprint density at radius 2 is 2.50 bits per heavy atom. The highest BCUT2D eigenvalue weighted by Gasteiger charge is 2.22. The van der Waals surface area contributed by atoms with Crippen molar-refractivity contribution in [2.45, 2.75) is 6.10 Å². The number of carbonyl (C=O) groups excluding carboxylic acids is 1. The van der Waals surface area contributed by atoms with Crippen molar-refractivity contribution in [3.63, 3.8) is 0 Å². The quantitative estimate of drug-likeness (QED) is 0.542. The SMILES string of the molecule is COCCNCC(=O)N1CCOC(CO)C1. The first kappa shape index (κ1) is 13.4. The Hall–Kier alpha value is -0.690. The number of aliphatic hydroxyl groups excluding tert-OH is 1. The minimum Gasteiger partial charge on any atom is -0.394 e. The highest BCUT2D eigenvalue weighted by molar-refractivity contribution is 5.78. The van der Waals surface area contributed by atoms with Crippen LogP contribution in [-0.2, 0) is 14.3 Å². The lowest BCUT2D eigenvalue weighted by atomic mass is 10.3. The maximum absolute atomic E-state index is 11.7. The Balaban J connectivity index is 2.19. The second-order valence-corrected chi connectivity index (χ2v) is 3.68. The summed E-state index contributed by atoms with van der Waals surface area (Å²) in [6, 6.07) is 0. The number of aliphatic hydroxyl groups is 1. The molecule has 1 heterocycles. The van der Waals surface area contributed by atoms with Crippen LogP contribution in [0.5, 0.6) is 0 Å². The third-order valence-electron chi connectivity index (χ3n) is 2.45. The first-order valence-electron chi connectivity index (χ1n) is 5.47. The van der Waals surface area contributed by atoms with E-state index in [1.165, 1.54) is 0 Å². The van der Waals surface area contributed by atoms with Gasteiger partial charge in [-0.2, -0.15) is 0 Å². The topological polar surface area (TPSA) is 71.0 Å². The van der Waals surface area contributed by atoms with E-state index >= 15 is 0 Å². The second kappa shape index (κ2) is 7.56. The fraction of sp³-hybridized carbons (Fsp3) is 0.900. The number of amides is 1. The third kappa shape index (κ3) is 4.44. The zero-order chi connectivity index (χ0) is 11.8. The van der Waals surface area contributed by atoms with Crippen LogP contribution in [0.3, 0.4) is 0 Å². The molecule has 1 amide bonds. The first-order valence-corrected chi connectivity index (χ1v) is 5.47. The molecule has 0 aromatic heterocycles. The molecular formula is C10H20N2O4. The maximum Gasteiger partial charge on any atom is 0.236 e. The van der Waals surface area contributed by atoms with Gasteiger partial charge in [0.05, 0.1) is 32.5 Å². The van der Waals surface area contributed by atoms with E-state index in [0.717, 1.165) is 0 Å². The van der Waals surface area contributed by atoms with Crippen LogP contribution < -0.4 is 5.32 Å². The molecule has 1 atom stereocenters. The molecule has 1 rings (SSSR count). The van der Waals surface area contributed by atoms with E-state index in [9.17, 15) is 4.79 Å². The van der Waals surface area contributed by atoms with Gasteiger partial charge < -0.3 is 24.8 Å². The number of hydrogen-bond donors (Lipinski definition) is 2. The summed E-state index contributed by atoms with van der Waals surface area (Å²) in [7, 11) is 1.62. The number of nitrogens with zero attached hydrogens (tertiary/aromatic N) is 1. The van der Waals surface area contributed by atoms with Gasteiger partial charge in [-0.3, -0.25) is 4.79 Å². The Morgan fingerprint density at radius 1 is 1.69 bits per heavy atom. The van der Waals surface area contributed by atoms with Crippen LogP contribution in [0.25, 0.3) is 0 Å². The lowest BCUT2D eigenvalue weighted by Crippen LogP contribution is -2.49. The number of nitrogens with one attached hydrogen (secondary N) is 1. The van der Waals surface area contributed by atoms with Gasteiger partial charge in [0.25, 0.3) is 0 Å². The minimum absolute atomic E-state index is 0.0397. The Morgan fingerprint density at radius 3 is 3.19 bits per heavy atom. The van der Waals surface area contributed by atoms with E-state index in [-0.39, 0.29) is 18.6 Å². The Bertz CT molecular complexity index is 213. The molecular weight excluding hydrogens is 212 g/mol. The fourth-order valence-corrected chi connectivity index (χ4v) is 1.54. The molecule has 16 heavy (non-hydrogen) atoms. The summed E-state index contributed by atoms with van der Waals surface area (Å²) in [5.41, 5.74) is 0. The van der Waals surface area contributed by atoms with Crippen molar-refractivity contribution < 1.29 is 19.4 Å². The van der Waals surface area contributed by atoms with Crippen LogP contribution in [0.15, 0.2) is 0 Å². The van der Waals surface area contributed by atoms with Crippen molar-refractivity contribution in [2.24, 2.45) is 0 Å². The van der Waals surface area contributed by atoms with Crippen LogP contribution in [0.1, 0.15) is 0 Å². The number of morpholine rings is 1. The molecule has 6 nitrogen and oxygen atoms in total. The predicted molar refractivity (Wildman–Crippen MR) is 58.2 cm³/mol. The van der Waals surface area contributed by atoms with Crippen LogP contribution in [0.2, 0.25) is 0 Å². The molecule has 1 saturated heterocycles. The highest BCUT2D eigenvalue weighted by Crippen LogP contribution is 2.04. The van der Waals surface area contributed by atoms with Crippen LogP contribution in [0, 0.1) is 0 Å². The van der Waals surface area contributed by atoms with Gasteiger partial charge >= 0.3 is 0 Å². The molecule has 0 saturated carbocycles. The second-order valence-electron chi connectivity index (χ2n) is 3.68. The van der Waals surface area contributed by atoms with Crippen molar-refractivity contribution in [1.82, 2.24) is 10.2 Å². The molecule has 0 aromatic rings. The third-order valence-corrected chi connectivity index (χ3v) is 2.45. The number of carbonyl (C=O) groups is 1. The summed E-state index contributed by atoms with van der Waals surface area (Å²) >= 11 is 0. The maximum atomic E-state index is 11.7. The van der Waals surface area contributed by atoms with E-state index in [4.69, 9.17) is 14.6 Å². The molecule has 0 spiro atoms. The highest BCUT2D eigenvalue weighted by atomic mass is 16.5. The molecule has 0 bridgehead atoms. The van der Waals surface area contributed by atoms with Gasteiger partial charge in [0.1, 0.15) is 0 Å². The molecule has 1 fully saturated rings. The van der Waals surface area contributed by atoms with Gasteiger partial charge in [-0.1, -0.05) is 0 Å². The normalized spacial score (nSPS) is 21.1. The molecule has 0 radical (unpaired) electrons. The van der Waals surface area contributed by atoms with Gasteiger partial charge in [0.2, 0.25) is 5.91 Å². The molecule has 1 aliphatic heterocycles. The average Bonchev–Trinajstić information content (AvgIpc) is 2.34. The molecule has 6 heteroatoms. The van der Waals surface area contributed by atoms with Crippen molar-refractivity contribution in [3.8, 4) is 0 Å². The summed E-state index contributed by atoms with van der Waals surface area (Å²) in [4.78, 5) is 13.4. The van der Waals surface area contributed by atoms with E-state index < -0.39 is 0 Å². The van der Waals surface area contributed by atoms with E-state index in [0.29, 0.717) is 39.4 Å². The molecule has 94 valence electrons. The van der Waals surface area contributed by atoms with Crippen molar-refractivity contribution in [1.29, 1.82) is 0 Å². The average molecular weight is 232 g/mol. The molecule has 1 unspecified atom stereocenters. The fourth-order valence-electron chi connectivity index (χ4n) is 1.54. The zero-order valence-corrected chi connectivity index (χ0v) is 9.65. The van der Waals surface area contributed by atoms with Crippen LogP contribution >= 0.6 is 0 Å². The predicted octanol–water partition coefficient (Wildman–Crippen LogP) is -1.56. The number of methoxy groups -OCH3 is 1. The standard InChI is InChI=1S/C10H20N2O4/c1-15-4-2-11-6-10(14)12-3-5-16-9(7-12)8-13/h9,11,13H,2-8H2,1H3. The Kier molecular flexibility index (Phi) is 6.32. The summed E-state index contributed by atoms with van der Waals surface area (Å²) in [5.74, 6) is 0.0397. The summed E-state index contributed by atoms with van der Waals surface area (Å²) < 4.78 is 10.1. The molecule has 0 aliphatic carbocycles. The number of rotatable bonds is 6. The largest absolute Gasteiger partial charge is 0.394 e. The van der Waals surface area contributed by atoms with Crippen LogP contribution in [-0.4, -0.2) is 75.1 Å². The van der Waals surface area contributed by atoms with Crippen molar-refractivity contribution in [3.05, 3.63) is 0 Å². The van der Waals surface area contributed by atoms with E-state index in [1.807, 2.05) is 0 Å². The van der Waals surface area contributed by atoms with E-state index in [2.05, 4.69) is 5.32 Å². The smallest absolute Gasteiger partial charge is 0.236 e. The monoisotopic (exact) mass is 232 g/mol. The van der Waals surface area contributed by atoms with Crippen LogP contribution in [0.4, 0.5) is 0 Å². The van der Waals surface area contributed by atoms with E-state index in [1.54, 1.807) is 12.0 Å². The lowest BCUT2D eigenvalue weighted by molar-refractivity contribution is -0.139. The molecule has 2 N–H and O–H groups in total. The number of ether oxygens (including phenoxy) is 2. The number of hydrogen-bond acceptors (Lipinski definition) is 5. The summed E-state index contributed by atoms with van der Waals surface area (Å²) in [5, 5.41) is 11.9. The molecule has 1 aliphatic rings. The van der Waals surface area contributed by atoms with Gasteiger partial charge in [0, 0.05) is 26.7 Å². The minimum atomic E-state index is -0.239. The van der Waals surface area contributed by atoms with Crippen molar-refractivity contribution >= 4 is 5.91 Å². The van der Waals surface area contributed by atoms with Crippen molar-refractivity contribution in [2.75, 3.05) is 53.1 Å². The zero-order valence-electron chi connectivity index (χ0n) is 9.65. The summed E-state index contributed by atoms with van der Waals surface area (Å²) in [6.45, 7) is 3.09. The van der Waals surface area contributed by atoms with Gasteiger partial charge in [-0.15, -0.1) is 0 Å². The lowest BCUT2D eigenvalue weighted by Gasteiger charge is -2.32.